The fourth-order valence-corrected chi connectivity index (χ4v) is 2.64. The van der Waals surface area contributed by atoms with Crippen LogP contribution in [-0.2, 0) is 11.8 Å². The third kappa shape index (κ3) is 4.00. The number of carbonyl (C=O) groups is 1. The van der Waals surface area contributed by atoms with Gasteiger partial charge in [0.1, 0.15) is 23.4 Å². The van der Waals surface area contributed by atoms with Gasteiger partial charge in [-0.25, -0.2) is 0 Å². The molecule has 1 atom stereocenters. The Kier molecular flexibility index (Phi) is 5.95. The lowest BCUT2D eigenvalue weighted by Gasteiger charge is -2.14. The van der Waals surface area contributed by atoms with E-state index in [1.165, 1.54) is 6.08 Å². The van der Waals surface area contributed by atoms with Crippen molar-refractivity contribution in [2.75, 3.05) is 6.54 Å². The number of nitrogens with one attached hydrogen (secondary N) is 1. The Balaban J connectivity index is 2.14. The predicted octanol–water partition coefficient (Wildman–Crippen LogP) is 2.27. The second-order valence-corrected chi connectivity index (χ2v) is 5.99. The van der Waals surface area contributed by atoms with Crippen LogP contribution in [0.4, 0.5) is 0 Å². The molecule has 0 radical (unpaired) electrons. The SMILES string of the molecule is Cc1ccccc1C(O)CNC(=O)/C(C#N)=C\c1cc(C#N)n(C)c1C. The highest BCUT2D eigenvalue weighted by atomic mass is 16.3. The number of benzene rings is 1. The molecule has 0 fully saturated rings. The first-order valence-electron chi connectivity index (χ1n) is 8.09. The standard InChI is InChI=1S/C20H20N4O2/c1-13-6-4-5-7-18(13)19(25)12-23-20(26)16(10-21)8-15-9-17(11-22)24(3)14(15)2/h4-9,19,25H,12H2,1-3H3,(H,23,26)/b16-8-. The van der Waals surface area contributed by atoms with Crippen LogP contribution >= 0.6 is 0 Å². The van der Waals surface area contributed by atoms with Gasteiger partial charge in [-0.15, -0.1) is 0 Å². The summed E-state index contributed by atoms with van der Waals surface area (Å²) in [7, 11) is 1.75. The highest BCUT2D eigenvalue weighted by molar-refractivity contribution is 6.01. The molecule has 0 aliphatic heterocycles. The molecule has 0 aliphatic carbocycles. The molecule has 2 aromatic rings. The van der Waals surface area contributed by atoms with Crippen molar-refractivity contribution in [3.63, 3.8) is 0 Å². The van der Waals surface area contributed by atoms with E-state index in [1.54, 1.807) is 23.7 Å². The number of aryl methyl sites for hydroxylation is 1. The van der Waals surface area contributed by atoms with E-state index < -0.39 is 12.0 Å². The van der Waals surface area contributed by atoms with Crippen molar-refractivity contribution >= 4 is 12.0 Å². The lowest BCUT2D eigenvalue weighted by molar-refractivity contribution is -0.117. The average Bonchev–Trinajstić information content (AvgIpc) is 2.91. The van der Waals surface area contributed by atoms with Crippen LogP contribution in [0.3, 0.4) is 0 Å². The fourth-order valence-electron chi connectivity index (χ4n) is 2.64. The molecule has 1 amide bonds. The van der Waals surface area contributed by atoms with E-state index in [4.69, 9.17) is 5.26 Å². The molecule has 0 bridgehead atoms. The molecule has 26 heavy (non-hydrogen) atoms. The van der Waals surface area contributed by atoms with Gasteiger partial charge in [-0.1, -0.05) is 24.3 Å². The van der Waals surface area contributed by atoms with Gasteiger partial charge in [-0.05, 0) is 42.7 Å². The van der Waals surface area contributed by atoms with E-state index in [2.05, 4.69) is 11.4 Å². The van der Waals surface area contributed by atoms with Crippen LogP contribution in [0.1, 0.15) is 34.2 Å². The van der Waals surface area contributed by atoms with E-state index in [-0.39, 0.29) is 12.1 Å². The molecule has 1 aromatic carbocycles. The first-order valence-corrected chi connectivity index (χ1v) is 8.09. The lowest BCUT2D eigenvalue weighted by Crippen LogP contribution is -2.29. The molecule has 6 nitrogen and oxygen atoms in total. The number of aromatic nitrogens is 1. The monoisotopic (exact) mass is 348 g/mol. The number of hydrogen-bond acceptors (Lipinski definition) is 4. The maximum Gasteiger partial charge on any atom is 0.262 e. The van der Waals surface area contributed by atoms with Gasteiger partial charge in [0.05, 0.1) is 6.10 Å². The Bertz CT molecular complexity index is 942. The third-order valence-corrected chi connectivity index (χ3v) is 4.36. The van der Waals surface area contributed by atoms with Gasteiger partial charge >= 0.3 is 0 Å². The number of carbonyl (C=O) groups excluding carboxylic acids is 1. The van der Waals surface area contributed by atoms with Crippen molar-refractivity contribution in [3.05, 3.63) is 64.0 Å². The number of amides is 1. The topological polar surface area (TPSA) is 102 Å². The van der Waals surface area contributed by atoms with Crippen molar-refractivity contribution in [1.82, 2.24) is 9.88 Å². The molecule has 1 unspecified atom stereocenters. The van der Waals surface area contributed by atoms with Gasteiger partial charge in [0.25, 0.3) is 5.91 Å². The fraction of sp³-hybridized carbons (Fsp3) is 0.250. The normalized spacial score (nSPS) is 12.2. The molecule has 1 aromatic heterocycles. The summed E-state index contributed by atoms with van der Waals surface area (Å²) in [6.07, 6.45) is 0.592. The van der Waals surface area contributed by atoms with E-state index >= 15 is 0 Å². The minimum atomic E-state index is -0.858. The zero-order valence-electron chi connectivity index (χ0n) is 14.9. The Morgan fingerprint density at radius 1 is 1.35 bits per heavy atom. The van der Waals surface area contributed by atoms with Gasteiger partial charge in [-0.3, -0.25) is 4.79 Å². The summed E-state index contributed by atoms with van der Waals surface area (Å²) in [5.74, 6) is -0.568. The number of aliphatic hydroxyl groups is 1. The minimum absolute atomic E-state index is 0.0000753. The first kappa shape index (κ1) is 19.0. The Labute approximate surface area is 152 Å². The maximum atomic E-state index is 12.3. The molecule has 132 valence electrons. The van der Waals surface area contributed by atoms with E-state index in [0.29, 0.717) is 11.3 Å². The van der Waals surface area contributed by atoms with Gasteiger partial charge < -0.3 is 15.0 Å². The van der Waals surface area contributed by atoms with Gasteiger partial charge in [0, 0.05) is 19.3 Å². The molecule has 6 heteroatoms. The van der Waals surface area contributed by atoms with Crippen LogP contribution in [-0.4, -0.2) is 22.1 Å². The predicted molar refractivity (Wildman–Crippen MR) is 97.6 cm³/mol. The van der Waals surface area contributed by atoms with E-state index in [1.807, 2.05) is 38.1 Å². The van der Waals surface area contributed by atoms with Crippen LogP contribution < -0.4 is 5.32 Å². The average molecular weight is 348 g/mol. The zero-order valence-corrected chi connectivity index (χ0v) is 14.9. The van der Waals surface area contributed by atoms with Crippen LogP contribution in [0.15, 0.2) is 35.9 Å². The molecule has 0 aliphatic rings. The summed E-state index contributed by atoms with van der Waals surface area (Å²) in [6, 6.07) is 12.9. The zero-order chi connectivity index (χ0) is 19.3. The molecule has 0 spiro atoms. The maximum absolute atomic E-state index is 12.3. The smallest absolute Gasteiger partial charge is 0.262 e. The number of aliphatic hydroxyl groups excluding tert-OH is 1. The van der Waals surface area contributed by atoms with Gasteiger partial charge in [0.15, 0.2) is 0 Å². The number of nitrogens with zero attached hydrogens (tertiary/aromatic N) is 3. The molecular formula is C20H20N4O2. The second-order valence-electron chi connectivity index (χ2n) is 5.99. The largest absolute Gasteiger partial charge is 0.387 e. The molecule has 2 rings (SSSR count). The minimum Gasteiger partial charge on any atom is -0.387 e. The molecule has 1 heterocycles. The number of rotatable bonds is 5. The van der Waals surface area contributed by atoms with E-state index in [9.17, 15) is 15.2 Å². The van der Waals surface area contributed by atoms with Crippen LogP contribution in [0, 0.1) is 36.5 Å². The lowest BCUT2D eigenvalue weighted by atomic mass is 10.0. The number of hydrogen-bond donors (Lipinski definition) is 2. The summed E-state index contributed by atoms with van der Waals surface area (Å²) in [5, 5.41) is 31.2. The second kappa shape index (κ2) is 8.15. The summed E-state index contributed by atoms with van der Waals surface area (Å²) >= 11 is 0. The summed E-state index contributed by atoms with van der Waals surface area (Å²) in [4.78, 5) is 12.3. The van der Waals surface area contributed by atoms with Crippen molar-refractivity contribution in [2.45, 2.75) is 20.0 Å². The van der Waals surface area contributed by atoms with Crippen molar-refractivity contribution < 1.29 is 9.90 Å². The number of nitriles is 2. The molecule has 2 N–H and O–H groups in total. The highest BCUT2D eigenvalue weighted by Gasteiger charge is 2.15. The summed E-state index contributed by atoms with van der Waals surface area (Å²) in [6.45, 7) is 3.69. The van der Waals surface area contributed by atoms with Crippen molar-refractivity contribution in [3.8, 4) is 12.1 Å². The Morgan fingerprint density at radius 3 is 2.62 bits per heavy atom. The first-order chi connectivity index (χ1) is 12.4. The van der Waals surface area contributed by atoms with Crippen LogP contribution in [0.5, 0.6) is 0 Å². The summed E-state index contributed by atoms with van der Waals surface area (Å²) < 4.78 is 1.70. The Morgan fingerprint density at radius 2 is 2.04 bits per heavy atom. The van der Waals surface area contributed by atoms with Gasteiger partial charge in [0.2, 0.25) is 0 Å². The van der Waals surface area contributed by atoms with Crippen molar-refractivity contribution in [2.24, 2.45) is 7.05 Å². The third-order valence-electron chi connectivity index (χ3n) is 4.36. The van der Waals surface area contributed by atoms with E-state index in [0.717, 1.165) is 16.8 Å². The molecule has 0 saturated carbocycles. The summed E-state index contributed by atoms with van der Waals surface area (Å²) in [5.41, 5.74) is 3.43. The van der Waals surface area contributed by atoms with Crippen molar-refractivity contribution in [1.29, 1.82) is 10.5 Å². The highest BCUT2D eigenvalue weighted by Crippen LogP contribution is 2.18. The Hall–Kier alpha value is -3.35. The molecular weight excluding hydrogens is 328 g/mol. The molecule has 0 saturated heterocycles. The van der Waals surface area contributed by atoms with Gasteiger partial charge in [-0.2, -0.15) is 10.5 Å². The quantitative estimate of drug-likeness (QED) is 0.639. The van der Waals surface area contributed by atoms with Crippen LogP contribution in [0.25, 0.3) is 6.08 Å². The van der Waals surface area contributed by atoms with Crippen LogP contribution in [0.2, 0.25) is 0 Å².